The number of halogens is 1. The summed E-state index contributed by atoms with van der Waals surface area (Å²) in [5.41, 5.74) is 9.40. The second-order valence-corrected chi connectivity index (χ2v) is 8.64. The van der Waals surface area contributed by atoms with Crippen LogP contribution in [-0.2, 0) is 0 Å². The van der Waals surface area contributed by atoms with E-state index in [0.717, 1.165) is 5.56 Å². The second kappa shape index (κ2) is 8.56. The van der Waals surface area contributed by atoms with Gasteiger partial charge in [0.25, 0.3) is 5.91 Å². The van der Waals surface area contributed by atoms with E-state index in [0.29, 0.717) is 44.5 Å². The van der Waals surface area contributed by atoms with Crippen LogP contribution >= 0.6 is 11.6 Å². The highest BCUT2D eigenvalue weighted by atomic mass is 35.5. The Labute approximate surface area is 204 Å². The lowest BCUT2D eigenvalue weighted by Crippen LogP contribution is -2.17. The predicted octanol–water partition coefficient (Wildman–Crippen LogP) is 5.51. The summed E-state index contributed by atoms with van der Waals surface area (Å²) in [5, 5.41) is 0.543. The summed E-state index contributed by atoms with van der Waals surface area (Å²) in [4.78, 5) is 33.6. The SMILES string of the molecule is Cc1cc([C@@H](C)Oc2ccc(Cl)nc2C(N)=O)c2oc(-c3cnc4ccoc4c3)c(C)c(=O)c2c1. The van der Waals surface area contributed by atoms with Crippen LogP contribution in [0.5, 0.6) is 5.75 Å². The summed E-state index contributed by atoms with van der Waals surface area (Å²) in [6, 6.07) is 10.2. The largest absolute Gasteiger partial charge is 0.483 e. The first-order chi connectivity index (χ1) is 16.7. The molecule has 0 bridgehead atoms. The molecule has 9 heteroatoms. The molecule has 5 rings (SSSR count). The maximum Gasteiger partial charge on any atom is 0.271 e. The van der Waals surface area contributed by atoms with E-state index in [2.05, 4.69) is 9.97 Å². The highest BCUT2D eigenvalue weighted by molar-refractivity contribution is 6.29. The number of ether oxygens (including phenoxy) is 1. The van der Waals surface area contributed by atoms with Crippen LogP contribution in [0, 0.1) is 13.8 Å². The molecule has 1 atom stereocenters. The minimum atomic E-state index is -0.769. The molecule has 0 radical (unpaired) electrons. The van der Waals surface area contributed by atoms with E-state index < -0.39 is 12.0 Å². The fourth-order valence-corrected chi connectivity index (χ4v) is 4.21. The lowest BCUT2D eigenvalue weighted by Gasteiger charge is -2.19. The van der Waals surface area contributed by atoms with E-state index in [4.69, 9.17) is 30.9 Å². The number of nitrogens with zero attached hydrogens (tertiary/aromatic N) is 2. The van der Waals surface area contributed by atoms with E-state index in [1.165, 1.54) is 12.1 Å². The average molecular weight is 490 g/mol. The van der Waals surface area contributed by atoms with Crippen molar-refractivity contribution in [1.29, 1.82) is 0 Å². The van der Waals surface area contributed by atoms with E-state index in [-0.39, 0.29) is 22.0 Å². The van der Waals surface area contributed by atoms with Crippen molar-refractivity contribution in [2.24, 2.45) is 5.73 Å². The van der Waals surface area contributed by atoms with Gasteiger partial charge >= 0.3 is 0 Å². The first-order valence-electron chi connectivity index (χ1n) is 10.8. The topological polar surface area (TPSA) is 121 Å². The Balaban J connectivity index is 1.67. The van der Waals surface area contributed by atoms with Crippen LogP contribution in [0.3, 0.4) is 0 Å². The highest BCUT2D eigenvalue weighted by Gasteiger charge is 2.22. The standard InChI is InChI=1S/C26H20ClN3O5/c1-12-8-16(14(3)34-19-4-5-21(27)30-22(19)26(28)32)25-17(9-12)23(31)13(2)24(35-25)15-10-20-18(29-11-15)6-7-33-20/h4-11,14H,1-3H3,(H2,28,32)/t14-/m1/s1. The van der Waals surface area contributed by atoms with Crippen LogP contribution in [0.4, 0.5) is 0 Å². The zero-order chi connectivity index (χ0) is 24.9. The van der Waals surface area contributed by atoms with Crippen LogP contribution in [0.1, 0.15) is 40.2 Å². The number of pyridine rings is 2. The van der Waals surface area contributed by atoms with Crippen LogP contribution in [0.2, 0.25) is 5.15 Å². The first kappa shape index (κ1) is 22.6. The summed E-state index contributed by atoms with van der Waals surface area (Å²) < 4.78 is 17.9. The highest BCUT2D eigenvalue weighted by Crippen LogP contribution is 2.34. The molecule has 35 heavy (non-hydrogen) atoms. The molecule has 8 nitrogen and oxygen atoms in total. The number of fused-ring (bicyclic) bond motifs is 2. The Hall–Kier alpha value is -4.17. The number of hydrogen-bond acceptors (Lipinski definition) is 7. The summed E-state index contributed by atoms with van der Waals surface area (Å²) in [7, 11) is 0. The van der Waals surface area contributed by atoms with Crippen LogP contribution in [0.15, 0.2) is 62.5 Å². The molecule has 5 aromatic rings. The predicted molar refractivity (Wildman–Crippen MR) is 132 cm³/mol. The fraction of sp³-hybridized carbons (Fsp3) is 0.154. The second-order valence-electron chi connectivity index (χ2n) is 8.25. The van der Waals surface area contributed by atoms with Crippen molar-refractivity contribution in [3.05, 3.63) is 86.6 Å². The molecule has 4 heterocycles. The molecule has 0 saturated carbocycles. The van der Waals surface area contributed by atoms with E-state index in [1.807, 2.05) is 13.0 Å². The summed E-state index contributed by atoms with van der Waals surface area (Å²) in [5.74, 6) is -0.211. The minimum Gasteiger partial charge on any atom is -0.483 e. The molecule has 0 saturated heterocycles. The number of amides is 1. The smallest absolute Gasteiger partial charge is 0.271 e. The van der Waals surface area contributed by atoms with E-state index in [1.54, 1.807) is 44.5 Å². The van der Waals surface area contributed by atoms with Gasteiger partial charge in [0.15, 0.2) is 22.5 Å². The van der Waals surface area contributed by atoms with Gasteiger partial charge in [0.1, 0.15) is 28.1 Å². The molecule has 2 N–H and O–H groups in total. The molecule has 176 valence electrons. The molecule has 0 spiro atoms. The van der Waals surface area contributed by atoms with Crippen LogP contribution < -0.4 is 15.9 Å². The molecule has 1 amide bonds. The number of primary amides is 1. The third-order valence-corrected chi connectivity index (χ3v) is 5.97. The van der Waals surface area contributed by atoms with Gasteiger partial charge in [-0.25, -0.2) is 4.98 Å². The number of carbonyl (C=O) groups excluding carboxylic acids is 1. The Morgan fingerprint density at radius 1 is 1.17 bits per heavy atom. The van der Waals surface area contributed by atoms with Gasteiger partial charge in [-0.15, -0.1) is 0 Å². The van der Waals surface area contributed by atoms with Gasteiger partial charge < -0.3 is 19.3 Å². The first-order valence-corrected chi connectivity index (χ1v) is 11.2. The monoisotopic (exact) mass is 489 g/mol. The average Bonchev–Trinajstić information content (AvgIpc) is 3.30. The summed E-state index contributed by atoms with van der Waals surface area (Å²) >= 11 is 5.91. The number of nitrogens with two attached hydrogens (primary N) is 1. The van der Waals surface area contributed by atoms with Crippen molar-refractivity contribution in [1.82, 2.24) is 9.97 Å². The number of benzene rings is 1. The molecule has 0 aliphatic carbocycles. The van der Waals surface area contributed by atoms with Crippen molar-refractivity contribution in [2.75, 3.05) is 0 Å². The molecular formula is C26H20ClN3O5. The third kappa shape index (κ3) is 4.02. The number of aryl methyl sites for hydroxylation is 1. The number of rotatable bonds is 5. The lowest BCUT2D eigenvalue weighted by molar-refractivity contribution is 0.0988. The van der Waals surface area contributed by atoms with Gasteiger partial charge in [0, 0.05) is 29.0 Å². The van der Waals surface area contributed by atoms with E-state index >= 15 is 0 Å². The van der Waals surface area contributed by atoms with Crippen LogP contribution in [0.25, 0.3) is 33.4 Å². The number of carbonyl (C=O) groups is 1. The van der Waals surface area contributed by atoms with Crippen molar-refractivity contribution in [2.45, 2.75) is 26.9 Å². The normalized spacial score (nSPS) is 12.2. The minimum absolute atomic E-state index is 0.0860. The maximum atomic E-state index is 13.4. The summed E-state index contributed by atoms with van der Waals surface area (Å²) in [6.07, 6.45) is 2.57. The number of hydrogen-bond donors (Lipinski definition) is 1. The van der Waals surface area contributed by atoms with Gasteiger partial charge in [0.2, 0.25) is 0 Å². The summed E-state index contributed by atoms with van der Waals surface area (Å²) in [6.45, 7) is 5.38. The quantitative estimate of drug-likeness (QED) is 0.323. The van der Waals surface area contributed by atoms with Gasteiger partial charge in [-0.2, -0.15) is 0 Å². The van der Waals surface area contributed by atoms with Crippen molar-refractivity contribution >= 4 is 39.6 Å². The third-order valence-electron chi connectivity index (χ3n) is 5.76. The Bertz CT molecular complexity index is 1690. The molecular weight excluding hydrogens is 470 g/mol. The molecule has 0 fully saturated rings. The number of furan rings is 1. The van der Waals surface area contributed by atoms with Crippen LogP contribution in [-0.4, -0.2) is 15.9 Å². The maximum absolute atomic E-state index is 13.4. The van der Waals surface area contributed by atoms with Gasteiger partial charge in [0.05, 0.1) is 11.6 Å². The van der Waals surface area contributed by atoms with E-state index in [9.17, 15) is 9.59 Å². The fourth-order valence-electron chi connectivity index (χ4n) is 4.06. The molecule has 0 unspecified atom stereocenters. The van der Waals surface area contributed by atoms with Crippen molar-refractivity contribution in [3.8, 4) is 17.1 Å². The zero-order valence-electron chi connectivity index (χ0n) is 19.1. The Morgan fingerprint density at radius 2 is 1.97 bits per heavy atom. The Kier molecular flexibility index (Phi) is 5.53. The zero-order valence-corrected chi connectivity index (χ0v) is 19.8. The van der Waals surface area contributed by atoms with Crippen molar-refractivity contribution in [3.63, 3.8) is 0 Å². The van der Waals surface area contributed by atoms with Crippen molar-refractivity contribution < 1.29 is 18.4 Å². The van der Waals surface area contributed by atoms with Gasteiger partial charge in [-0.3, -0.25) is 14.6 Å². The number of aromatic nitrogens is 2. The molecule has 0 aliphatic rings. The van der Waals surface area contributed by atoms with Gasteiger partial charge in [-0.05, 0) is 56.7 Å². The molecule has 4 aromatic heterocycles. The lowest BCUT2D eigenvalue weighted by atomic mass is 10.00. The molecule has 0 aliphatic heterocycles. The van der Waals surface area contributed by atoms with Gasteiger partial charge in [-0.1, -0.05) is 11.6 Å². The Morgan fingerprint density at radius 3 is 2.74 bits per heavy atom. The molecule has 1 aromatic carbocycles.